The number of ether oxygens (including phenoxy) is 1. The molecule has 0 amide bonds. The second-order valence-corrected chi connectivity index (χ2v) is 4.62. The van der Waals surface area contributed by atoms with Gasteiger partial charge in [0.05, 0.1) is 7.11 Å². The van der Waals surface area contributed by atoms with Gasteiger partial charge in [-0.1, -0.05) is 19.9 Å². The van der Waals surface area contributed by atoms with Crippen LogP contribution in [-0.2, 0) is 6.42 Å². The van der Waals surface area contributed by atoms with Crippen molar-refractivity contribution < 1.29 is 4.74 Å². The molecule has 0 bridgehead atoms. The van der Waals surface area contributed by atoms with Crippen molar-refractivity contribution in [3.05, 3.63) is 28.8 Å². The summed E-state index contributed by atoms with van der Waals surface area (Å²) in [6.07, 6.45) is 1.02. The summed E-state index contributed by atoms with van der Waals surface area (Å²) in [6, 6.07) is 4.86. The van der Waals surface area contributed by atoms with E-state index in [9.17, 15) is 0 Å². The summed E-state index contributed by atoms with van der Waals surface area (Å²) in [4.78, 5) is 0. The average Bonchev–Trinajstić information content (AvgIpc) is 2.20. The topological polar surface area (TPSA) is 21.3 Å². The quantitative estimate of drug-likeness (QED) is 0.825. The van der Waals surface area contributed by atoms with Gasteiger partial charge in [-0.3, -0.25) is 0 Å². The number of hydrogen-bond donors (Lipinski definition) is 1. The predicted octanol–water partition coefficient (Wildman–Crippen LogP) is 2.85. The standard InChI is InChI=1S/C14H23NO/c1-10(2)15-7-6-13-12(4)8-11(3)9-14(13)16-5/h8-10,15H,6-7H2,1-5H3. The van der Waals surface area contributed by atoms with Crippen LogP contribution in [0, 0.1) is 13.8 Å². The van der Waals surface area contributed by atoms with Crippen LogP contribution in [-0.4, -0.2) is 19.7 Å². The van der Waals surface area contributed by atoms with Crippen LogP contribution >= 0.6 is 0 Å². The Morgan fingerprint density at radius 2 is 1.94 bits per heavy atom. The van der Waals surface area contributed by atoms with Crippen LogP contribution in [0.2, 0.25) is 0 Å². The lowest BCUT2D eigenvalue weighted by Gasteiger charge is -2.14. The van der Waals surface area contributed by atoms with Gasteiger partial charge >= 0.3 is 0 Å². The second kappa shape index (κ2) is 5.90. The number of rotatable bonds is 5. The molecule has 0 radical (unpaired) electrons. The van der Waals surface area contributed by atoms with Gasteiger partial charge in [0.15, 0.2) is 0 Å². The Labute approximate surface area is 99.0 Å². The van der Waals surface area contributed by atoms with Crippen LogP contribution in [0.15, 0.2) is 12.1 Å². The van der Waals surface area contributed by atoms with Crippen LogP contribution in [0.5, 0.6) is 5.75 Å². The summed E-state index contributed by atoms with van der Waals surface area (Å²) in [5, 5.41) is 3.43. The molecule has 1 aromatic carbocycles. The van der Waals surface area contributed by atoms with Crippen LogP contribution in [0.25, 0.3) is 0 Å². The zero-order chi connectivity index (χ0) is 12.1. The molecule has 1 rings (SSSR count). The van der Waals surface area contributed by atoms with Crippen molar-refractivity contribution in [2.24, 2.45) is 0 Å². The fourth-order valence-electron chi connectivity index (χ4n) is 1.95. The Hall–Kier alpha value is -1.02. The van der Waals surface area contributed by atoms with E-state index < -0.39 is 0 Å². The fraction of sp³-hybridized carbons (Fsp3) is 0.571. The minimum atomic E-state index is 0.539. The first-order chi connectivity index (χ1) is 7.54. The maximum Gasteiger partial charge on any atom is 0.122 e. The van der Waals surface area contributed by atoms with Crippen molar-refractivity contribution in [1.82, 2.24) is 5.32 Å². The number of benzene rings is 1. The highest BCUT2D eigenvalue weighted by atomic mass is 16.5. The molecule has 16 heavy (non-hydrogen) atoms. The van der Waals surface area contributed by atoms with Crippen molar-refractivity contribution in [2.45, 2.75) is 40.2 Å². The number of nitrogens with one attached hydrogen (secondary N) is 1. The molecule has 0 unspecified atom stereocenters. The van der Waals surface area contributed by atoms with Crippen LogP contribution in [0.3, 0.4) is 0 Å². The Balaban J connectivity index is 2.77. The summed E-state index contributed by atoms with van der Waals surface area (Å²) < 4.78 is 5.44. The molecule has 0 aromatic heterocycles. The highest BCUT2D eigenvalue weighted by molar-refractivity contribution is 5.43. The van der Waals surface area contributed by atoms with E-state index in [-0.39, 0.29) is 0 Å². The van der Waals surface area contributed by atoms with E-state index in [4.69, 9.17) is 4.74 Å². The minimum Gasteiger partial charge on any atom is -0.496 e. The molecule has 0 aliphatic carbocycles. The Kier molecular flexibility index (Phi) is 4.81. The van der Waals surface area contributed by atoms with Crippen LogP contribution in [0.4, 0.5) is 0 Å². The number of methoxy groups -OCH3 is 1. The smallest absolute Gasteiger partial charge is 0.122 e. The van der Waals surface area contributed by atoms with Gasteiger partial charge in [0.2, 0.25) is 0 Å². The number of aryl methyl sites for hydroxylation is 2. The molecule has 0 fully saturated rings. The fourth-order valence-corrected chi connectivity index (χ4v) is 1.95. The van der Waals surface area contributed by atoms with Gasteiger partial charge in [-0.05, 0) is 49.6 Å². The first-order valence-corrected chi connectivity index (χ1v) is 5.92. The summed E-state index contributed by atoms with van der Waals surface area (Å²) in [6.45, 7) is 9.59. The Bertz CT molecular complexity index is 345. The third-order valence-corrected chi connectivity index (χ3v) is 2.72. The van der Waals surface area contributed by atoms with E-state index in [1.54, 1.807) is 7.11 Å². The van der Waals surface area contributed by atoms with Crippen molar-refractivity contribution >= 4 is 0 Å². The molecule has 0 saturated heterocycles. The minimum absolute atomic E-state index is 0.539. The SMILES string of the molecule is COc1cc(C)cc(C)c1CCNC(C)C. The van der Waals surface area contributed by atoms with Gasteiger partial charge in [-0.15, -0.1) is 0 Å². The molecule has 0 aliphatic rings. The zero-order valence-electron chi connectivity index (χ0n) is 11.1. The lowest BCUT2D eigenvalue weighted by atomic mass is 10.0. The van der Waals surface area contributed by atoms with Crippen molar-refractivity contribution in [3.63, 3.8) is 0 Å². The van der Waals surface area contributed by atoms with E-state index in [0.29, 0.717) is 6.04 Å². The molecule has 0 heterocycles. The van der Waals surface area contributed by atoms with E-state index in [1.807, 2.05) is 0 Å². The molecule has 2 nitrogen and oxygen atoms in total. The second-order valence-electron chi connectivity index (χ2n) is 4.62. The molecule has 0 spiro atoms. The molecule has 2 heteroatoms. The van der Waals surface area contributed by atoms with Gasteiger partial charge in [-0.25, -0.2) is 0 Å². The molecule has 0 aliphatic heterocycles. The highest BCUT2D eigenvalue weighted by Crippen LogP contribution is 2.24. The summed E-state index contributed by atoms with van der Waals surface area (Å²) in [5.74, 6) is 1.02. The lowest BCUT2D eigenvalue weighted by Crippen LogP contribution is -2.25. The first kappa shape index (κ1) is 13.0. The van der Waals surface area contributed by atoms with Crippen LogP contribution < -0.4 is 10.1 Å². The Morgan fingerprint density at radius 1 is 1.25 bits per heavy atom. The largest absolute Gasteiger partial charge is 0.496 e. The third-order valence-electron chi connectivity index (χ3n) is 2.72. The summed E-state index contributed by atoms with van der Waals surface area (Å²) in [5.41, 5.74) is 3.90. The maximum atomic E-state index is 5.44. The van der Waals surface area contributed by atoms with Crippen molar-refractivity contribution in [2.75, 3.05) is 13.7 Å². The van der Waals surface area contributed by atoms with E-state index >= 15 is 0 Å². The van der Waals surface area contributed by atoms with Gasteiger partial charge in [0.1, 0.15) is 5.75 Å². The van der Waals surface area contributed by atoms with Crippen molar-refractivity contribution in [1.29, 1.82) is 0 Å². The van der Waals surface area contributed by atoms with Gasteiger partial charge in [-0.2, -0.15) is 0 Å². The average molecular weight is 221 g/mol. The van der Waals surface area contributed by atoms with Gasteiger partial charge in [0, 0.05) is 6.04 Å². The molecule has 1 aromatic rings. The monoisotopic (exact) mass is 221 g/mol. The molecular weight excluding hydrogens is 198 g/mol. The lowest BCUT2D eigenvalue weighted by molar-refractivity contribution is 0.408. The molecule has 0 saturated carbocycles. The van der Waals surface area contributed by atoms with Gasteiger partial charge in [0.25, 0.3) is 0 Å². The normalized spacial score (nSPS) is 10.9. The maximum absolute atomic E-state index is 5.44. The highest BCUT2D eigenvalue weighted by Gasteiger charge is 2.07. The van der Waals surface area contributed by atoms with E-state index in [1.165, 1.54) is 16.7 Å². The zero-order valence-corrected chi connectivity index (χ0v) is 11.1. The third kappa shape index (κ3) is 3.53. The summed E-state index contributed by atoms with van der Waals surface area (Å²) in [7, 11) is 1.74. The summed E-state index contributed by atoms with van der Waals surface area (Å²) >= 11 is 0. The van der Waals surface area contributed by atoms with Crippen molar-refractivity contribution in [3.8, 4) is 5.75 Å². The molecule has 1 N–H and O–H groups in total. The predicted molar refractivity (Wildman–Crippen MR) is 69.3 cm³/mol. The molecule has 0 atom stereocenters. The van der Waals surface area contributed by atoms with Gasteiger partial charge < -0.3 is 10.1 Å². The van der Waals surface area contributed by atoms with E-state index in [2.05, 4.69) is 45.1 Å². The van der Waals surface area contributed by atoms with Crippen LogP contribution in [0.1, 0.15) is 30.5 Å². The molecule has 90 valence electrons. The van der Waals surface area contributed by atoms with E-state index in [0.717, 1.165) is 18.7 Å². The Morgan fingerprint density at radius 3 is 2.50 bits per heavy atom. The number of hydrogen-bond acceptors (Lipinski definition) is 2. The first-order valence-electron chi connectivity index (χ1n) is 5.92. The molecular formula is C14H23NO.